The number of halogens is 1. The Morgan fingerprint density at radius 1 is 1.20 bits per heavy atom. The van der Waals surface area contributed by atoms with Gasteiger partial charge in [0.05, 0.1) is 6.04 Å². The molecule has 1 aliphatic carbocycles. The highest BCUT2D eigenvalue weighted by molar-refractivity contribution is 9.10. The van der Waals surface area contributed by atoms with Crippen molar-refractivity contribution in [1.29, 1.82) is 0 Å². The Hall–Kier alpha value is -1.45. The van der Waals surface area contributed by atoms with Crippen LogP contribution in [0.4, 0.5) is 0 Å². The van der Waals surface area contributed by atoms with Gasteiger partial charge in [-0.1, -0.05) is 52.3 Å². The molecule has 0 unspecified atom stereocenters. The molecule has 0 bridgehead atoms. The standard InChI is InChI=1S/C17H16BrNO/c18-15-6-3-4-12(8-15)10-19-17-14(11-20)9-13-5-1-2-7-16(13)17/h1-8,10,14,17,20H,9,11H2/t14-,17+/m1/s1. The molecular formula is C17H16BrNO. The molecule has 3 heteroatoms. The lowest BCUT2D eigenvalue weighted by atomic mass is 10.0. The number of nitrogens with zero attached hydrogens (tertiary/aromatic N) is 1. The van der Waals surface area contributed by atoms with Crippen LogP contribution in [0.3, 0.4) is 0 Å². The molecule has 2 atom stereocenters. The van der Waals surface area contributed by atoms with Crippen LogP contribution in [0.25, 0.3) is 0 Å². The summed E-state index contributed by atoms with van der Waals surface area (Å²) in [7, 11) is 0. The van der Waals surface area contributed by atoms with Gasteiger partial charge in [-0.2, -0.15) is 0 Å². The van der Waals surface area contributed by atoms with Gasteiger partial charge in [0.1, 0.15) is 0 Å². The third kappa shape index (κ3) is 2.69. The molecule has 3 rings (SSSR count). The van der Waals surface area contributed by atoms with Crippen molar-refractivity contribution >= 4 is 22.1 Å². The van der Waals surface area contributed by atoms with Crippen LogP contribution in [0.5, 0.6) is 0 Å². The molecule has 2 nitrogen and oxygen atoms in total. The van der Waals surface area contributed by atoms with E-state index in [2.05, 4.69) is 28.1 Å². The number of hydrogen-bond donors (Lipinski definition) is 1. The van der Waals surface area contributed by atoms with Crippen LogP contribution in [0, 0.1) is 5.92 Å². The molecular weight excluding hydrogens is 314 g/mol. The van der Waals surface area contributed by atoms with E-state index in [0.29, 0.717) is 0 Å². The van der Waals surface area contributed by atoms with Crippen molar-refractivity contribution in [1.82, 2.24) is 0 Å². The van der Waals surface area contributed by atoms with Crippen LogP contribution < -0.4 is 0 Å². The highest BCUT2D eigenvalue weighted by atomic mass is 79.9. The van der Waals surface area contributed by atoms with Gasteiger partial charge in [-0.15, -0.1) is 0 Å². The van der Waals surface area contributed by atoms with Gasteiger partial charge in [0.25, 0.3) is 0 Å². The van der Waals surface area contributed by atoms with E-state index >= 15 is 0 Å². The summed E-state index contributed by atoms with van der Waals surface area (Å²) in [5, 5.41) is 9.57. The summed E-state index contributed by atoms with van der Waals surface area (Å²) in [6.07, 6.45) is 2.81. The van der Waals surface area contributed by atoms with Crippen molar-refractivity contribution in [3.05, 3.63) is 69.7 Å². The predicted octanol–water partition coefficient (Wildman–Crippen LogP) is 3.77. The minimum Gasteiger partial charge on any atom is -0.396 e. The van der Waals surface area contributed by atoms with Crippen molar-refractivity contribution in [2.75, 3.05) is 6.61 Å². The molecule has 1 N–H and O–H groups in total. The highest BCUT2D eigenvalue weighted by Crippen LogP contribution is 2.38. The van der Waals surface area contributed by atoms with E-state index < -0.39 is 0 Å². The van der Waals surface area contributed by atoms with E-state index in [9.17, 15) is 5.11 Å². The zero-order chi connectivity index (χ0) is 13.9. The van der Waals surface area contributed by atoms with Crippen molar-refractivity contribution in [2.45, 2.75) is 12.5 Å². The number of aliphatic hydroxyl groups excluding tert-OH is 1. The summed E-state index contributed by atoms with van der Waals surface area (Å²) in [4.78, 5) is 4.72. The number of aliphatic imine (C=N–C) groups is 1. The van der Waals surface area contributed by atoms with Crippen LogP contribution >= 0.6 is 15.9 Å². The van der Waals surface area contributed by atoms with Crippen LogP contribution in [-0.4, -0.2) is 17.9 Å². The lowest BCUT2D eigenvalue weighted by molar-refractivity contribution is 0.214. The van der Waals surface area contributed by atoms with Crippen LogP contribution in [0.1, 0.15) is 22.7 Å². The Bertz CT molecular complexity index is 638. The van der Waals surface area contributed by atoms with Crippen molar-refractivity contribution < 1.29 is 5.11 Å². The maximum atomic E-state index is 9.57. The average Bonchev–Trinajstić information content (AvgIpc) is 2.83. The largest absolute Gasteiger partial charge is 0.396 e. The van der Waals surface area contributed by atoms with E-state index in [1.54, 1.807) is 0 Å². The second kappa shape index (κ2) is 5.90. The normalized spacial score (nSPS) is 21.3. The summed E-state index contributed by atoms with van der Waals surface area (Å²) in [5.41, 5.74) is 3.63. The first-order valence-corrected chi connectivity index (χ1v) is 7.54. The molecule has 20 heavy (non-hydrogen) atoms. The van der Waals surface area contributed by atoms with E-state index in [1.807, 2.05) is 42.6 Å². The van der Waals surface area contributed by atoms with Gasteiger partial charge in [-0.25, -0.2) is 0 Å². The minimum absolute atomic E-state index is 0.0650. The first kappa shape index (κ1) is 13.5. The Morgan fingerprint density at radius 3 is 2.85 bits per heavy atom. The fourth-order valence-corrected chi connectivity index (χ4v) is 3.19. The predicted molar refractivity (Wildman–Crippen MR) is 85.2 cm³/mol. The quantitative estimate of drug-likeness (QED) is 0.854. The molecule has 0 spiro atoms. The molecule has 0 aliphatic heterocycles. The lowest BCUT2D eigenvalue weighted by Crippen LogP contribution is -2.10. The van der Waals surface area contributed by atoms with Gasteiger partial charge in [0.15, 0.2) is 0 Å². The Morgan fingerprint density at radius 2 is 2.05 bits per heavy atom. The summed E-state index contributed by atoms with van der Waals surface area (Å²) in [6, 6.07) is 16.5. The van der Waals surface area contributed by atoms with Gasteiger partial charge < -0.3 is 5.11 Å². The molecule has 102 valence electrons. The summed E-state index contributed by atoms with van der Waals surface area (Å²) in [6.45, 7) is 0.176. The molecule has 0 radical (unpaired) electrons. The Labute approximate surface area is 127 Å². The first-order valence-electron chi connectivity index (χ1n) is 6.75. The number of benzene rings is 2. The molecule has 0 heterocycles. The zero-order valence-corrected chi connectivity index (χ0v) is 12.6. The van der Waals surface area contributed by atoms with E-state index in [-0.39, 0.29) is 18.6 Å². The molecule has 2 aromatic rings. The third-order valence-electron chi connectivity index (χ3n) is 3.77. The Balaban J connectivity index is 1.89. The smallest absolute Gasteiger partial charge is 0.0805 e. The molecule has 2 aromatic carbocycles. The summed E-state index contributed by atoms with van der Waals surface area (Å²) >= 11 is 3.47. The summed E-state index contributed by atoms with van der Waals surface area (Å²) < 4.78 is 1.05. The molecule has 0 fully saturated rings. The zero-order valence-electron chi connectivity index (χ0n) is 11.0. The monoisotopic (exact) mass is 329 g/mol. The summed E-state index contributed by atoms with van der Waals surface area (Å²) in [5.74, 6) is 0.191. The van der Waals surface area contributed by atoms with Crippen molar-refractivity contribution in [3.8, 4) is 0 Å². The molecule has 0 aromatic heterocycles. The van der Waals surface area contributed by atoms with Crippen LogP contribution in [0.15, 0.2) is 58.0 Å². The first-order chi connectivity index (χ1) is 9.78. The number of aliphatic hydroxyl groups is 1. The fraction of sp³-hybridized carbons (Fsp3) is 0.235. The third-order valence-corrected chi connectivity index (χ3v) is 4.26. The van der Waals surface area contributed by atoms with E-state index in [1.165, 1.54) is 11.1 Å². The van der Waals surface area contributed by atoms with Gasteiger partial charge in [-0.3, -0.25) is 4.99 Å². The van der Waals surface area contributed by atoms with E-state index in [4.69, 9.17) is 4.99 Å². The molecule has 0 amide bonds. The molecule has 1 aliphatic rings. The highest BCUT2D eigenvalue weighted by Gasteiger charge is 2.30. The minimum atomic E-state index is 0.0650. The van der Waals surface area contributed by atoms with Gasteiger partial charge >= 0.3 is 0 Å². The van der Waals surface area contributed by atoms with Gasteiger partial charge in [0, 0.05) is 23.2 Å². The number of hydrogen-bond acceptors (Lipinski definition) is 2. The second-order valence-electron chi connectivity index (χ2n) is 5.12. The molecule has 0 saturated carbocycles. The van der Waals surface area contributed by atoms with Crippen molar-refractivity contribution in [2.24, 2.45) is 10.9 Å². The van der Waals surface area contributed by atoms with E-state index in [0.717, 1.165) is 16.5 Å². The van der Waals surface area contributed by atoms with Crippen LogP contribution in [0.2, 0.25) is 0 Å². The van der Waals surface area contributed by atoms with Gasteiger partial charge in [-0.05, 0) is 35.2 Å². The SMILES string of the molecule is OC[C@H]1Cc2ccccc2[C@H]1N=Cc1cccc(Br)c1. The number of fused-ring (bicyclic) bond motifs is 1. The number of rotatable bonds is 3. The topological polar surface area (TPSA) is 32.6 Å². The maximum Gasteiger partial charge on any atom is 0.0805 e. The van der Waals surface area contributed by atoms with Gasteiger partial charge in [0.2, 0.25) is 0 Å². The Kier molecular flexibility index (Phi) is 3.99. The lowest BCUT2D eigenvalue weighted by Gasteiger charge is -2.13. The fourth-order valence-electron chi connectivity index (χ4n) is 2.78. The average molecular weight is 330 g/mol. The van der Waals surface area contributed by atoms with Crippen LogP contribution in [-0.2, 0) is 6.42 Å². The maximum absolute atomic E-state index is 9.57. The molecule has 0 saturated heterocycles. The van der Waals surface area contributed by atoms with Crippen molar-refractivity contribution in [3.63, 3.8) is 0 Å². The second-order valence-corrected chi connectivity index (χ2v) is 6.04.